The fourth-order valence-electron chi connectivity index (χ4n) is 10.6. The lowest BCUT2D eigenvalue weighted by molar-refractivity contribution is 0.597. The lowest BCUT2D eigenvalue weighted by atomic mass is 9.77. The molecule has 0 aliphatic carbocycles. The molecule has 2 heteroatoms. The first-order valence-electron chi connectivity index (χ1n) is 22.6. The minimum atomic E-state index is -0.230. The summed E-state index contributed by atoms with van der Waals surface area (Å²) >= 11 is 0. The lowest BCUT2D eigenvalue weighted by Crippen LogP contribution is -2.14. The zero-order chi connectivity index (χ0) is 43.7. The van der Waals surface area contributed by atoms with Gasteiger partial charge in [0.1, 0.15) is 0 Å². The third-order valence-electron chi connectivity index (χ3n) is 13.1. The van der Waals surface area contributed by atoms with Gasteiger partial charge in [0, 0.05) is 32.9 Å². The van der Waals surface area contributed by atoms with E-state index in [0.717, 1.165) is 11.4 Å². The van der Waals surface area contributed by atoms with Gasteiger partial charge in [-0.15, -0.1) is 0 Å². The number of benzene rings is 9. The first kappa shape index (κ1) is 39.4. The highest BCUT2D eigenvalue weighted by atomic mass is 15.0. The third-order valence-corrected chi connectivity index (χ3v) is 13.1. The molecule has 0 radical (unpaired) electrons. The average molecular weight is 825 g/mol. The molecular weight excluding hydrogens is 773 g/mol. The largest absolute Gasteiger partial charge is 0.309 e. The zero-order valence-electron chi connectivity index (χ0n) is 37.5. The first-order valence-corrected chi connectivity index (χ1v) is 22.6. The van der Waals surface area contributed by atoms with Crippen molar-refractivity contribution in [2.24, 2.45) is 0 Å². The maximum Gasteiger partial charge on any atom is 0.0553 e. The predicted molar refractivity (Wildman–Crippen MR) is 274 cm³/mol. The first-order chi connectivity index (χ1) is 31.1. The molecule has 64 heavy (non-hydrogen) atoms. The van der Waals surface area contributed by atoms with Crippen molar-refractivity contribution in [3.8, 4) is 55.9 Å². The van der Waals surface area contributed by atoms with Crippen LogP contribution >= 0.6 is 0 Å². The van der Waals surface area contributed by atoms with Crippen LogP contribution in [0, 0.1) is 0 Å². The van der Waals surface area contributed by atoms with E-state index in [1.807, 2.05) is 0 Å². The van der Waals surface area contributed by atoms with Crippen molar-refractivity contribution in [1.29, 1.82) is 0 Å². The summed E-state index contributed by atoms with van der Waals surface area (Å²) in [5.41, 5.74) is 19.3. The van der Waals surface area contributed by atoms with E-state index in [-0.39, 0.29) is 10.8 Å². The Hall–Kier alpha value is -7.42. The number of nitrogens with zero attached hydrogens (tertiary/aromatic N) is 2. The van der Waals surface area contributed by atoms with Crippen molar-refractivity contribution >= 4 is 43.6 Å². The molecule has 11 aromatic rings. The highest BCUT2D eigenvalue weighted by Crippen LogP contribution is 2.51. The summed E-state index contributed by atoms with van der Waals surface area (Å²) in [5, 5.41) is 5.17. The second kappa shape index (κ2) is 15.1. The molecule has 0 unspecified atom stereocenters. The van der Waals surface area contributed by atoms with Crippen molar-refractivity contribution < 1.29 is 0 Å². The summed E-state index contributed by atoms with van der Waals surface area (Å²) in [6.45, 7) is 14.3. The van der Waals surface area contributed by atoms with Crippen molar-refractivity contribution in [3.63, 3.8) is 0 Å². The Balaban J connectivity index is 1.33. The Morgan fingerprint density at radius 3 is 1.11 bits per heavy atom. The van der Waals surface area contributed by atoms with E-state index in [1.54, 1.807) is 0 Å². The van der Waals surface area contributed by atoms with Gasteiger partial charge < -0.3 is 9.13 Å². The maximum absolute atomic E-state index is 2.52. The number of fused-ring (bicyclic) bond motifs is 6. The van der Waals surface area contributed by atoms with Gasteiger partial charge in [-0.2, -0.15) is 0 Å². The van der Waals surface area contributed by atoms with Crippen molar-refractivity contribution in [2.45, 2.75) is 52.4 Å². The molecule has 9 aromatic carbocycles. The Kier molecular flexibility index (Phi) is 9.33. The number of aromatic nitrogens is 2. The molecule has 0 aliphatic heterocycles. The molecule has 0 N–H and O–H groups in total. The fourth-order valence-corrected chi connectivity index (χ4v) is 10.6. The van der Waals surface area contributed by atoms with Crippen LogP contribution in [-0.4, -0.2) is 9.13 Å². The van der Waals surface area contributed by atoms with Crippen LogP contribution in [-0.2, 0) is 10.8 Å². The van der Waals surface area contributed by atoms with Crippen LogP contribution in [0.15, 0.2) is 206 Å². The normalized spacial score (nSPS) is 12.2. The van der Waals surface area contributed by atoms with E-state index in [1.165, 1.54) is 99.2 Å². The van der Waals surface area contributed by atoms with Crippen molar-refractivity contribution in [3.05, 3.63) is 217 Å². The molecule has 310 valence electrons. The highest BCUT2D eigenvalue weighted by Gasteiger charge is 2.31. The molecule has 0 spiro atoms. The Morgan fingerprint density at radius 2 is 0.641 bits per heavy atom. The van der Waals surface area contributed by atoms with Crippen LogP contribution in [0.1, 0.15) is 52.7 Å². The van der Waals surface area contributed by atoms with Gasteiger partial charge in [-0.1, -0.05) is 193 Å². The molecule has 11 rings (SSSR count). The number of hydrogen-bond acceptors (Lipinski definition) is 0. The average Bonchev–Trinajstić information content (AvgIpc) is 3.84. The predicted octanol–water partition coefficient (Wildman–Crippen LogP) is 17.1. The quantitative estimate of drug-likeness (QED) is 0.158. The minimum Gasteiger partial charge on any atom is -0.309 e. The van der Waals surface area contributed by atoms with E-state index in [9.17, 15) is 0 Å². The van der Waals surface area contributed by atoms with Gasteiger partial charge in [-0.05, 0) is 121 Å². The third kappa shape index (κ3) is 6.39. The van der Waals surface area contributed by atoms with E-state index in [4.69, 9.17) is 0 Å². The van der Waals surface area contributed by atoms with E-state index >= 15 is 0 Å². The van der Waals surface area contributed by atoms with Crippen LogP contribution in [0.2, 0.25) is 0 Å². The molecule has 0 aliphatic rings. The Morgan fingerprint density at radius 1 is 0.266 bits per heavy atom. The summed E-state index contributed by atoms with van der Waals surface area (Å²) in [4.78, 5) is 0. The monoisotopic (exact) mass is 824 g/mol. The van der Waals surface area contributed by atoms with E-state index in [0.29, 0.717) is 0 Å². The second-order valence-electron chi connectivity index (χ2n) is 19.3. The zero-order valence-corrected chi connectivity index (χ0v) is 37.5. The van der Waals surface area contributed by atoms with Crippen LogP contribution in [0.5, 0.6) is 0 Å². The van der Waals surface area contributed by atoms with Gasteiger partial charge in [0.2, 0.25) is 0 Å². The highest BCUT2D eigenvalue weighted by molar-refractivity contribution is 6.21. The second-order valence-corrected chi connectivity index (χ2v) is 19.3. The molecule has 0 atom stereocenters. The van der Waals surface area contributed by atoms with Crippen LogP contribution in [0.3, 0.4) is 0 Å². The molecule has 0 fully saturated rings. The van der Waals surface area contributed by atoms with Gasteiger partial charge in [-0.25, -0.2) is 0 Å². The summed E-state index contributed by atoms with van der Waals surface area (Å²) in [5.74, 6) is 0. The molecule has 2 aromatic heterocycles. The van der Waals surface area contributed by atoms with E-state index in [2.05, 4.69) is 257 Å². The summed E-state index contributed by atoms with van der Waals surface area (Å²) < 4.78 is 5.00. The summed E-state index contributed by atoms with van der Waals surface area (Å²) in [6.07, 6.45) is 0. The number of hydrogen-bond donors (Lipinski definition) is 0. The number of rotatable bonds is 6. The van der Waals surface area contributed by atoms with E-state index < -0.39 is 0 Å². The van der Waals surface area contributed by atoms with Crippen LogP contribution in [0.4, 0.5) is 0 Å². The fraction of sp³-hybridized carbons (Fsp3) is 0.129. The topological polar surface area (TPSA) is 9.86 Å². The molecule has 0 saturated heterocycles. The summed E-state index contributed by atoms with van der Waals surface area (Å²) in [7, 11) is 0. The summed E-state index contributed by atoms with van der Waals surface area (Å²) in [6, 6.07) is 76.1. The smallest absolute Gasteiger partial charge is 0.0553 e. The molecule has 2 nitrogen and oxygen atoms in total. The van der Waals surface area contributed by atoms with Crippen LogP contribution in [0.25, 0.3) is 99.5 Å². The standard InChI is InChI=1S/C62H52N2/c1-61(2,3)59-48(42-25-14-8-15-26-42)35-37-53-58(59)56-50(43-27-16-9-17-28-43)39-44(40-54(56)64(53)46-31-20-11-21-32-46)49-36-38-52-57(60(49)62(4,5)6)55-47(41-23-12-7-13-24-41)33-22-34-51(55)63(52)45-29-18-10-19-30-45/h7-40H,1-6H3. The van der Waals surface area contributed by atoms with Gasteiger partial charge in [0.15, 0.2) is 0 Å². The van der Waals surface area contributed by atoms with Gasteiger partial charge in [-0.3, -0.25) is 0 Å². The molecule has 0 amide bonds. The number of para-hydroxylation sites is 2. The van der Waals surface area contributed by atoms with Gasteiger partial charge >= 0.3 is 0 Å². The van der Waals surface area contributed by atoms with Crippen LogP contribution < -0.4 is 0 Å². The molecule has 0 saturated carbocycles. The maximum atomic E-state index is 2.52. The minimum absolute atomic E-state index is 0.166. The van der Waals surface area contributed by atoms with Crippen molar-refractivity contribution in [2.75, 3.05) is 0 Å². The van der Waals surface area contributed by atoms with Gasteiger partial charge in [0.25, 0.3) is 0 Å². The lowest BCUT2D eigenvalue weighted by Gasteiger charge is -2.26. The van der Waals surface area contributed by atoms with Gasteiger partial charge in [0.05, 0.1) is 22.1 Å². The molecular formula is C62H52N2. The van der Waals surface area contributed by atoms with Crippen molar-refractivity contribution in [1.82, 2.24) is 9.13 Å². The molecule has 2 heterocycles. The SMILES string of the molecule is CC(C)(C)c1c(-c2cc(-c3ccccc3)c3c4c(C(C)(C)C)c(-c5ccccc5)ccc4n(-c4ccccc4)c3c2)ccc2c1c1c(-c3ccccc3)cccc1n2-c1ccccc1. The molecule has 0 bridgehead atoms. The Labute approximate surface area is 376 Å². The Bertz CT molecular complexity index is 3510.